The summed E-state index contributed by atoms with van der Waals surface area (Å²) in [7, 11) is 0. The summed E-state index contributed by atoms with van der Waals surface area (Å²) in [6.45, 7) is 5.16. The molecule has 0 unspecified atom stereocenters. The van der Waals surface area contributed by atoms with Crippen molar-refractivity contribution in [3.63, 3.8) is 0 Å². The second-order valence-corrected chi connectivity index (χ2v) is 2.44. The molecule has 0 aromatic rings. The van der Waals surface area contributed by atoms with Crippen LogP contribution in [0.4, 0.5) is 0 Å². The summed E-state index contributed by atoms with van der Waals surface area (Å²) in [5.41, 5.74) is 0.787. The zero-order valence-electron chi connectivity index (χ0n) is 6.77. The SMILES string of the molecule is CCCC(C)=C(O)C(C)=O. The quantitative estimate of drug-likeness (QED) is 0.484. The van der Waals surface area contributed by atoms with E-state index >= 15 is 0 Å². The number of carbonyl (C=O) groups excluding carboxylic acids is 1. The fraction of sp³-hybridized carbons (Fsp3) is 0.625. The number of aliphatic hydroxyl groups is 1. The molecular weight excluding hydrogens is 128 g/mol. The molecule has 0 aliphatic heterocycles. The summed E-state index contributed by atoms with van der Waals surface area (Å²) in [6.07, 6.45) is 1.76. The van der Waals surface area contributed by atoms with Crippen molar-refractivity contribution in [3.8, 4) is 0 Å². The van der Waals surface area contributed by atoms with Crippen molar-refractivity contribution in [2.75, 3.05) is 0 Å². The molecule has 0 aliphatic rings. The highest BCUT2D eigenvalue weighted by Gasteiger charge is 2.03. The summed E-state index contributed by atoms with van der Waals surface area (Å²) < 4.78 is 0. The molecule has 0 saturated heterocycles. The topological polar surface area (TPSA) is 37.3 Å². The normalized spacial score (nSPS) is 12.7. The van der Waals surface area contributed by atoms with Crippen LogP contribution in [0.2, 0.25) is 0 Å². The molecule has 0 radical (unpaired) electrons. The van der Waals surface area contributed by atoms with Gasteiger partial charge in [0.15, 0.2) is 11.5 Å². The van der Waals surface area contributed by atoms with Crippen LogP contribution in [0.1, 0.15) is 33.6 Å². The Hall–Kier alpha value is -0.790. The van der Waals surface area contributed by atoms with Crippen molar-refractivity contribution in [2.45, 2.75) is 33.6 Å². The van der Waals surface area contributed by atoms with E-state index in [1.54, 1.807) is 6.92 Å². The number of ketones is 1. The van der Waals surface area contributed by atoms with Gasteiger partial charge in [-0.15, -0.1) is 0 Å². The van der Waals surface area contributed by atoms with Gasteiger partial charge in [-0.1, -0.05) is 13.3 Å². The molecule has 0 bridgehead atoms. The lowest BCUT2D eigenvalue weighted by molar-refractivity contribution is -0.116. The summed E-state index contributed by atoms with van der Waals surface area (Å²) in [6, 6.07) is 0. The predicted octanol–water partition coefficient (Wildman–Crippen LogP) is 2.21. The van der Waals surface area contributed by atoms with Gasteiger partial charge in [-0.05, 0) is 18.9 Å². The first-order valence-corrected chi connectivity index (χ1v) is 3.49. The van der Waals surface area contributed by atoms with Crippen LogP contribution in [0, 0.1) is 0 Å². The molecule has 2 nitrogen and oxygen atoms in total. The molecule has 0 spiro atoms. The minimum absolute atomic E-state index is 0.0677. The maximum absolute atomic E-state index is 10.6. The molecule has 10 heavy (non-hydrogen) atoms. The van der Waals surface area contributed by atoms with Gasteiger partial charge < -0.3 is 5.11 Å². The first-order chi connectivity index (χ1) is 4.59. The van der Waals surface area contributed by atoms with E-state index in [4.69, 9.17) is 5.11 Å². The number of carbonyl (C=O) groups is 1. The van der Waals surface area contributed by atoms with Crippen molar-refractivity contribution in [1.29, 1.82) is 0 Å². The molecule has 0 heterocycles. The average Bonchev–Trinajstić information content (AvgIpc) is 1.87. The Morgan fingerprint density at radius 2 is 1.90 bits per heavy atom. The minimum atomic E-state index is -0.244. The van der Waals surface area contributed by atoms with Crippen LogP contribution < -0.4 is 0 Å². The molecule has 0 rings (SSSR count). The fourth-order valence-electron chi connectivity index (χ4n) is 0.794. The molecule has 0 amide bonds. The Kier molecular flexibility index (Phi) is 3.77. The predicted molar refractivity (Wildman–Crippen MR) is 40.9 cm³/mol. The van der Waals surface area contributed by atoms with E-state index in [1.807, 2.05) is 6.92 Å². The van der Waals surface area contributed by atoms with E-state index in [9.17, 15) is 4.79 Å². The Balaban J connectivity index is 4.19. The van der Waals surface area contributed by atoms with Crippen LogP contribution in [0.3, 0.4) is 0 Å². The molecule has 2 heteroatoms. The number of Topliss-reactive ketones (excluding diaryl/α,β-unsaturated/α-hetero) is 1. The van der Waals surface area contributed by atoms with Crippen LogP contribution in [-0.2, 0) is 4.79 Å². The zero-order valence-corrected chi connectivity index (χ0v) is 6.77. The van der Waals surface area contributed by atoms with Gasteiger partial charge in [0.25, 0.3) is 0 Å². The van der Waals surface area contributed by atoms with Crippen molar-refractivity contribution >= 4 is 5.78 Å². The number of aliphatic hydroxyl groups excluding tert-OH is 1. The molecule has 0 fully saturated rings. The van der Waals surface area contributed by atoms with Crippen molar-refractivity contribution in [2.24, 2.45) is 0 Å². The fourth-order valence-corrected chi connectivity index (χ4v) is 0.794. The lowest BCUT2D eigenvalue weighted by Gasteiger charge is -1.99. The monoisotopic (exact) mass is 142 g/mol. The first-order valence-electron chi connectivity index (χ1n) is 3.49. The zero-order chi connectivity index (χ0) is 8.15. The largest absolute Gasteiger partial charge is 0.504 e. The summed E-state index contributed by atoms with van der Waals surface area (Å²) >= 11 is 0. The average molecular weight is 142 g/mol. The van der Waals surface area contributed by atoms with E-state index in [0.717, 1.165) is 18.4 Å². The van der Waals surface area contributed by atoms with Crippen LogP contribution in [0.15, 0.2) is 11.3 Å². The molecule has 0 saturated carbocycles. The van der Waals surface area contributed by atoms with E-state index in [1.165, 1.54) is 6.92 Å². The van der Waals surface area contributed by atoms with Crippen molar-refractivity contribution < 1.29 is 9.90 Å². The van der Waals surface area contributed by atoms with Gasteiger partial charge >= 0.3 is 0 Å². The lowest BCUT2D eigenvalue weighted by atomic mass is 10.1. The van der Waals surface area contributed by atoms with Crippen LogP contribution in [0.25, 0.3) is 0 Å². The Labute approximate surface area is 61.6 Å². The second-order valence-electron chi connectivity index (χ2n) is 2.44. The molecule has 58 valence electrons. The van der Waals surface area contributed by atoms with Crippen molar-refractivity contribution in [3.05, 3.63) is 11.3 Å². The number of hydrogen-bond acceptors (Lipinski definition) is 2. The van der Waals surface area contributed by atoms with Gasteiger partial charge in [0.2, 0.25) is 0 Å². The maximum Gasteiger partial charge on any atom is 0.193 e. The second kappa shape index (κ2) is 4.09. The Morgan fingerprint density at radius 3 is 2.20 bits per heavy atom. The Morgan fingerprint density at radius 1 is 1.40 bits per heavy atom. The number of allylic oxidation sites excluding steroid dienone is 2. The standard InChI is InChI=1S/C8H14O2/c1-4-5-6(2)8(10)7(3)9/h10H,4-5H2,1-3H3. The smallest absolute Gasteiger partial charge is 0.193 e. The van der Waals surface area contributed by atoms with Gasteiger partial charge in [-0.2, -0.15) is 0 Å². The summed E-state index contributed by atoms with van der Waals surface area (Å²) in [4.78, 5) is 10.6. The summed E-state index contributed by atoms with van der Waals surface area (Å²) in [5.74, 6) is -0.312. The maximum atomic E-state index is 10.6. The van der Waals surface area contributed by atoms with E-state index in [2.05, 4.69) is 0 Å². The summed E-state index contributed by atoms with van der Waals surface area (Å²) in [5, 5.41) is 9.06. The lowest BCUT2D eigenvalue weighted by Crippen LogP contribution is -1.98. The number of rotatable bonds is 3. The highest BCUT2D eigenvalue weighted by molar-refractivity contribution is 5.91. The van der Waals surface area contributed by atoms with Crippen LogP contribution in [-0.4, -0.2) is 10.9 Å². The van der Waals surface area contributed by atoms with E-state index in [0.29, 0.717) is 0 Å². The third-order valence-electron chi connectivity index (χ3n) is 1.36. The minimum Gasteiger partial charge on any atom is -0.504 e. The molecule has 0 aliphatic carbocycles. The van der Waals surface area contributed by atoms with Crippen LogP contribution >= 0.6 is 0 Å². The highest BCUT2D eigenvalue weighted by Crippen LogP contribution is 2.08. The van der Waals surface area contributed by atoms with Gasteiger partial charge in [-0.3, -0.25) is 4.79 Å². The molecule has 1 N–H and O–H groups in total. The highest BCUT2D eigenvalue weighted by atomic mass is 16.3. The molecule has 0 aromatic heterocycles. The first kappa shape index (κ1) is 9.21. The molecular formula is C8H14O2. The third kappa shape index (κ3) is 2.67. The van der Waals surface area contributed by atoms with E-state index < -0.39 is 0 Å². The molecule has 0 atom stereocenters. The van der Waals surface area contributed by atoms with E-state index in [-0.39, 0.29) is 11.5 Å². The Bertz CT molecular complexity index is 157. The van der Waals surface area contributed by atoms with Gasteiger partial charge in [0, 0.05) is 6.92 Å². The van der Waals surface area contributed by atoms with Gasteiger partial charge in [-0.25, -0.2) is 0 Å². The van der Waals surface area contributed by atoms with Gasteiger partial charge in [0.05, 0.1) is 0 Å². The third-order valence-corrected chi connectivity index (χ3v) is 1.36. The van der Waals surface area contributed by atoms with Gasteiger partial charge in [0.1, 0.15) is 0 Å². The van der Waals surface area contributed by atoms with Crippen LogP contribution in [0.5, 0.6) is 0 Å². The number of hydrogen-bond donors (Lipinski definition) is 1. The van der Waals surface area contributed by atoms with Crippen molar-refractivity contribution in [1.82, 2.24) is 0 Å². The molecule has 0 aromatic carbocycles.